The van der Waals surface area contributed by atoms with E-state index < -0.39 is 0 Å². The summed E-state index contributed by atoms with van der Waals surface area (Å²) in [6.45, 7) is 8.07. The van der Waals surface area contributed by atoms with E-state index in [1.807, 2.05) is 44.2 Å². The molecule has 24 heavy (non-hydrogen) atoms. The fourth-order valence-corrected chi connectivity index (χ4v) is 3.79. The molecule has 124 valence electrons. The molecular weight excluding hydrogens is 334 g/mol. The van der Waals surface area contributed by atoms with Crippen LogP contribution in [-0.2, 0) is 0 Å². The molecule has 0 radical (unpaired) electrons. The second kappa shape index (κ2) is 9.64. The molecule has 5 heteroatoms. The molecule has 0 spiro atoms. The van der Waals surface area contributed by atoms with Gasteiger partial charge in [-0.25, -0.2) is 0 Å². The Morgan fingerprint density at radius 3 is 2.50 bits per heavy atom. The van der Waals surface area contributed by atoms with Gasteiger partial charge in [-0.2, -0.15) is 0 Å². The quantitative estimate of drug-likeness (QED) is 0.557. The van der Waals surface area contributed by atoms with Crippen LogP contribution in [-0.4, -0.2) is 30.5 Å². The monoisotopic (exact) mass is 356 g/mol. The molecule has 2 nitrogen and oxygen atoms in total. The molecular formula is C19H23ClLiO2P. The van der Waals surface area contributed by atoms with Gasteiger partial charge >= 0.3 is 18.9 Å². The normalized spacial score (nSPS) is 12.0. The van der Waals surface area contributed by atoms with Crippen LogP contribution in [0.3, 0.4) is 0 Å². The fraction of sp³-hybridized carbons (Fsp3) is 0.316. The van der Waals surface area contributed by atoms with Crippen molar-refractivity contribution in [2.24, 2.45) is 0 Å². The summed E-state index contributed by atoms with van der Waals surface area (Å²) in [5.74, 6) is 0.853. The van der Waals surface area contributed by atoms with E-state index >= 15 is 0 Å². The summed E-state index contributed by atoms with van der Waals surface area (Å²) in [7, 11) is 0.0610. The third-order valence-electron chi connectivity index (χ3n) is 3.81. The predicted molar refractivity (Wildman–Crippen MR) is 107 cm³/mol. The molecule has 0 amide bonds. The molecule has 0 saturated carbocycles. The molecule has 0 aromatic heterocycles. The Labute approximate surface area is 163 Å². The summed E-state index contributed by atoms with van der Waals surface area (Å²) in [5, 5.41) is 1.56. The zero-order valence-corrected chi connectivity index (χ0v) is 15.7. The fourth-order valence-electron chi connectivity index (χ4n) is 2.27. The molecule has 0 fully saturated rings. The number of aryl methyl sites for hydroxylation is 2. The number of ether oxygens (including phenoxy) is 1. The maximum atomic E-state index is 12.6. The van der Waals surface area contributed by atoms with Crippen LogP contribution in [0.1, 0.15) is 41.8 Å². The van der Waals surface area contributed by atoms with E-state index in [9.17, 15) is 4.79 Å². The van der Waals surface area contributed by atoms with Crippen molar-refractivity contribution in [1.82, 2.24) is 0 Å². The van der Waals surface area contributed by atoms with Gasteiger partial charge < -0.3 is 4.74 Å². The van der Waals surface area contributed by atoms with Crippen LogP contribution in [0.25, 0.3) is 0 Å². The summed E-state index contributed by atoms with van der Waals surface area (Å²) in [5.41, 5.74) is 2.70. The summed E-state index contributed by atoms with van der Waals surface area (Å²) in [6.07, 6.45) is 1.16. The number of hydrogen-bond acceptors (Lipinski definition) is 2. The van der Waals surface area contributed by atoms with Gasteiger partial charge in [-0.15, -0.1) is 0 Å². The zero-order chi connectivity index (χ0) is 17.0. The average Bonchev–Trinajstić information content (AvgIpc) is 2.49. The third kappa shape index (κ3) is 5.37. The first-order valence-corrected chi connectivity index (χ1v) is 9.14. The van der Waals surface area contributed by atoms with Gasteiger partial charge in [0.25, 0.3) is 0 Å². The topological polar surface area (TPSA) is 26.3 Å². The number of rotatable bonds is 6. The molecule has 2 rings (SSSR count). The van der Waals surface area contributed by atoms with Crippen molar-refractivity contribution in [3.8, 4) is 5.75 Å². The first-order chi connectivity index (χ1) is 10.9. The van der Waals surface area contributed by atoms with Crippen molar-refractivity contribution in [3.05, 3.63) is 58.1 Å². The van der Waals surface area contributed by atoms with Gasteiger partial charge in [0.2, 0.25) is 0 Å². The summed E-state index contributed by atoms with van der Waals surface area (Å²) in [4.78, 5) is 12.6. The van der Waals surface area contributed by atoms with Crippen LogP contribution >= 0.6 is 20.2 Å². The minimum atomic E-state index is 0. The van der Waals surface area contributed by atoms with E-state index in [0.29, 0.717) is 10.6 Å². The van der Waals surface area contributed by atoms with Crippen LogP contribution in [0.5, 0.6) is 5.75 Å². The van der Waals surface area contributed by atoms with Gasteiger partial charge in [0.05, 0.1) is 11.1 Å². The number of halogens is 1. The summed E-state index contributed by atoms with van der Waals surface area (Å²) in [6, 6.07) is 11.5. The Morgan fingerprint density at radius 2 is 1.92 bits per heavy atom. The van der Waals surface area contributed by atoms with Crippen LogP contribution in [0, 0.1) is 13.8 Å². The Hall–Kier alpha value is -0.773. The second-order valence-electron chi connectivity index (χ2n) is 5.70. The molecule has 2 unspecified atom stereocenters. The number of benzene rings is 2. The third-order valence-corrected chi connectivity index (χ3v) is 5.43. The first kappa shape index (κ1) is 21.3. The molecule has 0 bridgehead atoms. The molecule has 2 atom stereocenters. The Balaban J connectivity index is 0.00000288. The first-order valence-electron chi connectivity index (χ1n) is 7.76. The predicted octanol–water partition coefficient (Wildman–Crippen LogP) is 4.63. The van der Waals surface area contributed by atoms with Gasteiger partial charge in [0, 0.05) is 5.56 Å². The van der Waals surface area contributed by atoms with Crippen LogP contribution in [0.15, 0.2) is 36.4 Å². The average molecular weight is 357 g/mol. The van der Waals surface area contributed by atoms with E-state index in [4.69, 9.17) is 16.3 Å². The van der Waals surface area contributed by atoms with E-state index in [1.54, 1.807) is 6.07 Å². The van der Waals surface area contributed by atoms with E-state index in [2.05, 4.69) is 13.8 Å². The van der Waals surface area contributed by atoms with Crippen molar-refractivity contribution in [2.75, 3.05) is 0 Å². The van der Waals surface area contributed by atoms with Crippen molar-refractivity contribution in [2.45, 2.75) is 40.2 Å². The van der Waals surface area contributed by atoms with Gasteiger partial charge in [0.15, 0.2) is 5.52 Å². The number of hydrogen-bond donors (Lipinski definition) is 0. The summed E-state index contributed by atoms with van der Waals surface area (Å²) >= 11 is 6.19. The SMILES string of the molecule is CCC(C)Oc1ccc(PC(=O)c2c(C)cccc2Cl)c(C)c1.[LiH]. The Morgan fingerprint density at radius 1 is 1.21 bits per heavy atom. The van der Waals surface area contributed by atoms with Gasteiger partial charge in [-0.3, -0.25) is 4.79 Å². The van der Waals surface area contributed by atoms with Gasteiger partial charge in [0.1, 0.15) is 5.75 Å². The summed E-state index contributed by atoms with van der Waals surface area (Å²) < 4.78 is 5.82. The molecule has 0 heterocycles. The van der Waals surface area contributed by atoms with Gasteiger partial charge in [-0.05, 0) is 70.4 Å². The second-order valence-corrected chi connectivity index (χ2v) is 7.35. The van der Waals surface area contributed by atoms with E-state index in [1.165, 1.54) is 0 Å². The van der Waals surface area contributed by atoms with Gasteiger partial charge in [-0.1, -0.05) is 36.7 Å². The molecule has 0 aliphatic carbocycles. The van der Waals surface area contributed by atoms with E-state index in [0.717, 1.165) is 28.6 Å². The van der Waals surface area contributed by atoms with Crippen molar-refractivity contribution >= 4 is 49.9 Å². The Bertz CT molecular complexity index is 698. The molecule has 0 aliphatic rings. The Kier molecular flexibility index (Phi) is 8.55. The molecule has 0 N–H and O–H groups in total. The molecule has 2 aromatic rings. The molecule has 0 aliphatic heterocycles. The van der Waals surface area contributed by atoms with Crippen LogP contribution in [0.2, 0.25) is 5.02 Å². The van der Waals surface area contributed by atoms with E-state index in [-0.39, 0.29) is 39.1 Å². The standard InChI is InChI=1S/C19H22ClO2P.Li.H/c1-5-14(4)22-15-9-10-17(13(3)11-15)23-19(21)18-12(2)7-6-8-16(18)20;;/h6-11,14,23H,5H2,1-4H3;;. The number of carbonyl (C=O) groups is 1. The van der Waals surface area contributed by atoms with Crippen LogP contribution in [0.4, 0.5) is 0 Å². The van der Waals surface area contributed by atoms with Crippen molar-refractivity contribution in [3.63, 3.8) is 0 Å². The molecule has 0 saturated heterocycles. The number of carbonyl (C=O) groups excluding carboxylic acids is 1. The molecule has 2 aromatic carbocycles. The minimum absolute atomic E-state index is 0. The van der Waals surface area contributed by atoms with Crippen molar-refractivity contribution in [1.29, 1.82) is 0 Å². The van der Waals surface area contributed by atoms with Crippen molar-refractivity contribution < 1.29 is 9.53 Å². The zero-order valence-electron chi connectivity index (χ0n) is 13.9. The maximum absolute atomic E-state index is 12.6. The van der Waals surface area contributed by atoms with Crippen LogP contribution < -0.4 is 10.0 Å².